The van der Waals surface area contributed by atoms with Gasteiger partial charge in [-0.15, -0.1) is 0 Å². The second kappa shape index (κ2) is 40.1. The van der Waals surface area contributed by atoms with Gasteiger partial charge in [-0.25, -0.2) is 0 Å². The molecule has 0 aliphatic rings. The number of unbranched alkanes of at least 4 members (excludes halogenated alkanes) is 26. The summed E-state index contributed by atoms with van der Waals surface area (Å²) in [6.45, 7) is 11.3. The molecule has 314 valence electrons. The highest BCUT2D eigenvalue weighted by Gasteiger charge is 2.19. The molecule has 1 atom stereocenters. The Kier molecular flexibility index (Phi) is 38.9. The number of ether oxygens (including phenoxy) is 3. The summed E-state index contributed by atoms with van der Waals surface area (Å²) in [6, 6.07) is 0. The smallest absolute Gasteiger partial charge is 0.306 e. The fourth-order valence-electron chi connectivity index (χ4n) is 6.93. The van der Waals surface area contributed by atoms with Crippen LogP contribution in [-0.4, -0.2) is 37.2 Å². The SMILES string of the molecule is CCCCCCCCCCCCCC(=O)OC[C@@H](COC(=O)CCCCCCCCC(C)C)OC(=O)CCCCCCCCCCCCCCC(C)C. The zero-order valence-corrected chi connectivity index (χ0v) is 36.1. The van der Waals surface area contributed by atoms with Crippen LogP contribution in [-0.2, 0) is 28.6 Å². The summed E-state index contributed by atoms with van der Waals surface area (Å²) >= 11 is 0. The molecule has 0 aliphatic carbocycles. The van der Waals surface area contributed by atoms with E-state index in [1.54, 1.807) is 0 Å². The number of hydrogen-bond donors (Lipinski definition) is 0. The highest BCUT2D eigenvalue weighted by Crippen LogP contribution is 2.16. The molecule has 0 rings (SSSR count). The van der Waals surface area contributed by atoms with Crippen molar-refractivity contribution in [3.8, 4) is 0 Å². The van der Waals surface area contributed by atoms with Crippen molar-refractivity contribution >= 4 is 17.9 Å². The summed E-state index contributed by atoms with van der Waals surface area (Å²) in [5.41, 5.74) is 0. The first-order valence-electron chi connectivity index (χ1n) is 23.2. The van der Waals surface area contributed by atoms with Gasteiger partial charge in [0, 0.05) is 19.3 Å². The predicted molar refractivity (Wildman–Crippen MR) is 224 cm³/mol. The molecular formula is C47H90O6. The average Bonchev–Trinajstić information content (AvgIpc) is 3.12. The van der Waals surface area contributed by atoms with Gasteiger partial charge in [-0.3, -0.25) is 14.4 Å². The van der Waals surface area contributed by atoms with Gasteiger partial charge in [0.15, 0.2) is 6.10 Å². The van der Waals surface area contributed by atoms with E-state index >= 15 is 0 Å². The summed E-state index contributed by atoms with van der Waals surface area (Å²) < 4.78 is 16.7. The summed E-state index contributed by atoms with van der Waals surface area (Å²) in [5.74, 6) is 0.735. The van der Waals surface area contributed by atoms with Crippen molar-refractivity contribution in [1.29, 1.82) is 0 Å². The van der Waals surface area contributed by atoms with Gasteiger partial charge in [0.1, 0.15) is 13.2 Å². The molecule has 53 heavy (non-hydrogen) atoms. The average molecular weight is 751 g/mol. The second-order valence-corrected chi connectivity index (χ2v) is 17.0. The van der Waals surface area contributed by atoms with Crippen LogP contribution < -0.4 is 0 Å². The van der Waals surface area contributed by atoms with Gasteiger partial charge in [-0.05, 0) is 31.1 Å². The molecule has 0 bridgehead atoms. The minimum absolute atomic E-state index is 0.0653. The van der Waals surface area contributed by atoms with Gasteiger partial charge in [0.2, 0.25) is 0 Å². The Morgan fingerprint density at radius 2 is 0.623 bits per heavy atom. The number of carbonyl (C=O) groups excluding carboxylic acids is 3. The molecule has 0 amide bonds. The molecule has 0 aromatic carbocycles. The lowest BCUT2D eigenvalue weighted by atomic mass is 10.0. The van der Waals surface area contributed by atoms with Crippen LogP contribution in [0.15, 0.2) is 0 Å². The van der Waals surface area contributed by atoms with Gasteiger partial charge in [-0.2, -0.15) is 0 Å². The lowest BCUT2D eigenvalue weighted by Gasteiger charge is -2.18. The molecule has 0 aromatic rings. The van der Waals surface area contributed by atoms with E-state index in [0.29, 0.717) is 19.3 Å². The van der Waals surface area contributed by atoms with Crippen molar-refractivity contribution in [2.45, 2.75) is 259 Å². The largest absolute Gasteiger partial charge is 0.462 e. The Bertz CT molecular complexity index is 809. The normalized spacial score (nSPS) is 12.1. The van der Waals surface area contributed by atoms with Crippen LogP contribution in [0.3, 0.4) is 0 Å². The Morgan fingerprint density at radius 1 is 0.358 bits per heavy atom. The summed E-state index contributed by atoms with van der Waals surface area (Å²) in [6.07, 6.45) is 38.1. The van der Waals surface area contributed by atoms with Crippen LogP contribution in [0.2, 0.25) is 0 Å². The van der Waals surface area contributed by atoms with Crippen molar-refractivity contribution in [2.75, 3.05) is 13.2 Å². The standard InChI is InChI=1S/C47H90O6/c1-6-7-8-9-10-11-14-18-21-27-32-37-45(48)51-40-44(41-52-46(49)38-33-28-24-23-26-31-36-43(4)5)53-47(50)39-34-29-22-19-16-13-12-15-17-20-25-30-35-42(2)3/h42-44H,6-41H2,1-5H3/t44-/m0/s1. The summed E-state index contributed by atoms with van der Waals surface area (Å²) in [5, 5.41) is 0. The van der Waals surface area contributed by atoms with Gasteiger partial charge in [0.25, 0.3) is 0 Å². The molecule has 0 saturated carbocycles. The number of esters is 3. The van der Waals surface area contributed by atoms with Crippen LogP contribution >= 0.6 is 0 Å². The fourth-order valence-corrected chi connectivity index (χ4v) is 6.93. The maximum Gasteiger partial charge on any atom is 0.306 e. The molecule has 0 spiro atoms. The van der Waals surface area contributed by atoms with Crippen molar-refractivity contribution in [3.63, 3.8) is 0 Å². The maximum atomic E-state index is 12.7. The van der Waals surface area contributed by atoms with Crippen LogP contribution in [0, 0.1) is 11.8 Å². The topological polar surface area (TPSA) is 78.9 Å². The van der Waals surface area contributed by atoms with E-state index in [-0.39, 0.29) is 31.1 Å². The van der Waals surface area contributed by atoms with Crippen molar-refractivity contribution in [3.05, 3.63) is 0 Å². The van der Waals surface area contributed by atoms with E-state index in [0.717, 1.165) is 69.6 Å². The van der Waals surface area contributed by atoms with Gasteiger partial charge >= 0.3 is 17.9 Å². The van der Waals surface area contributed by atoms with E-state index in [2.05, 4.69) is 34.6 Å². The lowest BCUT2D eigenvalue weighted by molar-refractivity contribution is -0.167. The van der Waals surface area contributed by atoms with Crippen LogP contribution in [0.1, 0.15) is 253 Å². The molecule has 0 N–H and O–H groups in total. The highest BCUT2D eigenvalue weighted by molar-refractivity contribution is 5.71. The summed E-state index contributed by atoms with van der Waals surface area (Å²) in [4.78, 5) is 37.7. The van der Waals surface area contributed by atoms with Gasteiger partial charge in [-0.1, -0.05) is 214 Å². The quantitative estimate of drug-likeness (QED) is 0.0352. The number of rotatable bonds is 41. The van der Waals surface area contributed by atoms with Crippen molar-refractivity contribution < 1.29 is 28.6 Å². The maximum absolute atomic E-state index is 12.7. The molecule has 0 aromatic heterocycles. The highest BCUT2D eigenvalue weighted by atomic mass is 16.6. The first-order valence-corrected chi connectivity index (χ1v) is 23.2. The van der Waals surface area contributed by atoms with E-state index in [1.165, 1.54) is 141 Å². The van der Waals surface area contributed by atoms with Crippen molar-refractivity contribution in [1.82, 2.24) is 0 Å². The third-order valence-corrected chi connectivity index (χ3v) is 10.5. The van der Waals surface area contributed by atoms with Gasteiger partial charge in [0.05, 0.1) is 0 Å². The molecule has 0 unspecified atom stereocenters. The zero-order valence-electron chi connectivity index (χ0n) is 36.1. The summed E-state index contributed by atoms with van der Waals surface area (Å²) in [7, 11) is 0. The van der Waals surface area contributed by atoms with E-state index in [4.69, 9.17) is 14.2 Å². The lowest BCUT2D eigenvalue weighted by Crippen LogP contribution is -2.30. The Labute approximate surface area is 329 Å². The molecule has 6 heteroatoms. The number of hydrogen-bond acceptors (Lipinski definition) is 6. The third-order valence-electron chi connectivity index (χ3n) is 10.5. The molecule has 0 radical (unpaired) electrons. The van der Waals surface area contributed by atoms with Gasteiger partial charge < -0.3 is 14.2 Å². The number of carbonyl (C=O) groups is 3. The molecule has 0 heterocycles. The molecule has 0 fully saturated rings. The van der Waals surface area contributed by atoms with Crippen LogP contribution in [0.4, 0.5) is 0 Å². The minimum Gasteiger partial charge on any atom is -0.462 e. The second-order valence-electron chi connectivity index (χ2n) is 17.0. The Morgan fingerprint density at radius 3 is 0.925 bits per heavy atom. The molecule has 6 nitrogen and oxygen atoms in total. The van der Waals surface area contributed by atoms with Crippen LogP contribution in [0.25, 0.3) is 0 Å². The fraction of sp³-hybridized carbons (Fsp3) is 0.936. The Balaban J connectivity index is 4.31. The van der Waals surface area contributed by atoms with E-state index in [1.807, 2.05) is 0 Å². The van der Waals surface area contributed by atoms with E-state index in [9.17, 15) is 14.4 Å². The monoisotopic (exact) mass is 751 g/mol. The third kappa shape index (κ3) is 41.4. The predicted octanol–water partition coefficient (Wildman–Crippen LogP) is 14.6. The van der Waals surface area contributed by atoms with E-state index < -0.39 is 6.10 Å². The molecule has 0 aliphatic heterocycles. The molecule has 0 saturated heterocycles. The van der Waals surface area contributed by atoms with Crippen molar-refractivity contribution in [2.24, 2.45) is 11.8 Å². The molecular weight excluding hydrogens is 661 g/mol. The zero-order chi connectivity index (χ0) is 39.0. The van der Waals surface area contributed by atoms with Crippen LogP contribution in [0.5, 0.6) is 0 Å². The Hall–Kier alpha value is -1.59. The first-order chi connectivity index (χ1) is 25.7. The first kappa shape index (κ1) is 51.4. The minimum atomic E-state index is -0.760.